The molecule has 0 radical (unpaired) electrons. The molecule has 3 atom stereocenters. The molecule has 2 N–H and O–H groups in total. The van der Waals surface area contributed by atoms with E-state index >= 15 is 0 Å². The number of rotatable bonds is 4. The predicted octanol–water partition coefficient (Wildman–Crippen LogP) is 3.31. The number of hydrogen-bond acceptors (Lipinski definition) is 2. The summed E-state index contributed by atoms with van der Waals surface area (Å²) >= 11 is 0. The van der Waals surface area contributed by atoms with Gasteiger partial charge < -0.3 is 15.4 Å². The predicted molar refractivity (Wildman–Crippen MR) is 113 cm³/mol. The fraction of sp³-hybridized carbons (Fsp3) is 0.650. The second kappa shape index (κ2) is 7.06. The summed E-state index contributed by atoms with van der Waals surface area (Å²) < 4.78 is 5.89. The highest BCUT2D eigenvalue weighted by atomic mass is 127. The van der Waals surface area contributed by atoms with Gasteiger partial charge in [0.05, 0.1) is 6.10 Å². The number of nitrogens with zero attached hydrogens (tertiary/aromatic N) is 1. The first-order valence-electron chi connectivity index (χ1n) is 9.21. The number of fused-ring (bicyclic) bond motifs is 1. The summed E-state index contributed by atoms with van der Waals surface area (Å²) in [6.45, 7) is 6.46. The monoisotopic (exact) mass is 455 g/mol. The van der Waals surface area contributed by atoms with E-state index in [2.05, 4.69) is 59.8 Å². The van der Waals surface area contributed by atoms with Gasteiger partial charge in [0.15, 0.2) is 5.96 Å². The second-order valence-corrected chi connectivity index (χ2v) is 8.26. The van der Waals surface area contributed by atoms with Gasteiger partial charge in [-0.2, -0.15) is 0 Å². The lowest BCUT2D eigenvalue weighted by Gasteiger charge is -2.55. The first-order chi connectivity index (χ1) is 11.6. The highest BCUT2D eigenvalue weighted by molar-refractivity contribution is 14.0. The molecule has 3 fully saturated rings. The fourth-order valence-electron chi connectivity index (χ4n) is 4.72. The molecule has 0 spiro atoms. The third-order valence-electron chi connectivity index (χ3n) is 6.45. The van der Waals surface area contributed by atoms with Gasteiger partial charge >= 0.3 is 0 Å². The van der Waals surface area contributed by atoms with Crippen molar-refractivity contribution >= 4 is 29.9 Å². The lowest BCUT2D eigenvalue weighted by molar-refractivity contribution is -0.106. The Morgan fingerprint density at radius 1 is 1.24 bits per heavy atom. The van der Waals surface area contributed by atoms with Crippen molar-refractivity contribution in [3.05, 3.63) is 35.9 Å². The van der Waals surface area contributed by atoms with Gasteiger partial charge in [-0.15, -0.1) is 24.0 Å². The molecule has 1 heterocycles. The Hall–Kier alpha value is -0.820. The van der Waals surface area contributed by atoms with E-state index in [1.54, 1.807) is 0 Å². The maximum atomic E-state index is 5.89. The number of hydrogen-bond donors (Lipinski definition) is 2. The molecule has 1 aromatic rings. The summed E-state index contributed by atoms with van der Waals surface area (Å²) in [6, 6.07) is 11.3. The Bertz CT molecular complexity index is 627. The third-order valence-corrected chi connectivity index (χ3v) is 6.45. The van der Waals surface area contributed by atoms with E-state index in [0.29, 0.717) is 23.5 Å². The van der Waals surface area contributed by atoms with E-state index in [4.69, 9.17) is 4.74 Å². The molecule has 25 heavy (non-hydrogen) atoms. The first kappa shape index (κ1) is 19.0. The van der Waals surface area contributed by atoms with Gasteiger partial charge in [0.25, 0.3) is 0 Å². The second-order valence-electron chi connectivity index (χ2n) is 8.26. The van der Waals surface area contributed by atoms with Crippen LogP contribution in [-0.2, 0) is 10.2 Å². The topological polar surface area (TPSA) is 45.7 Å². The molecule has 0 amide bonds. The lowest BCUT2D eigenvalue weighted by Crippen LogP contribution is -2.68. The maximum Gasteiger partial charge on any atom is 0.191 e. The molecule has 4 nitrogen and oxygen atoms in total. The highest BCUT2D eigenvalue weighted by Gasteiger charge is 2.59. The summed E-state index contributed by atoms with van der Waals surface area (Å²) in [7, 11) is 1.87. The van der Waals surface area contributed by atoms with Crippen LogP contribution in [0.1, 0.15) is 38.7 Å². The summed E-state index contributed by atoms with van der Waals surface area (Å²) in [6.07, 6.45) is 4.09. The van der Waals surface area contributed by atoms with Crippen LogP contribution in [0, 0.1) is 11.3 Å². The van der Waals surface area contributed by atoms with Gasteiger partial charge in [-0.25, -0.2) is 0 Å². The highest BCUT2D eigenvalue weighted by Crippen LogP contribution is 2.52. The molecule has 3 unspecified atom stereocenters. The molecule has 2 aliphatic carbocycles. The number of ether oxygens (including phenoxy) is 1. The number of aliphatic imine (C=N–C) groups is 1. The van der Waals surface area contributed by atoms with Crippen LogP contribution in [0.25, 0.3) is 0 Å². The number of guanidine groups is 1. The zero-order valence-corrected chi connectivity index (χ0v) is 17.7. The van der Waals surface area contributed by atoms with Crippen molar-refractivity contribution in [2.24, 2.45) is 16.3 Å². The fourth-order valence-corrected chi connectivity index (χ4v) is 4.72. The van der Waals surface area contributed by atoms with E-state index in [1.807, 2.05) is 7.05 Å². The SMILES string of the molecule is CN=C(NCC1(c2ccccc2)CC1)NC1C2CCOC2C1(C)C.I. The Morgan fingerprint density at radius 3 is 2.60 bits per heavy atom. The van der Waals surface area contributed by atoms with Crippen molar-refractivity contribution in [2.75, 3.05) is 20.2 Å². The largest absolute Gasteiger partial charge is 0.377 e. The zero-order chi connectivity index (χ0) is 16.8. The minimum absolute atomic E-state index is 0. The van der Waals surface area contributed by atoms with Crippen molar-refractivity contribution in [3.8, 4) is 0 Å². The summed E-state index contributed by atoms with van der Waals surface area (Å²) in [5, 5.41) is 7.26. The standard InChI is InChI=1S/C20H29N3O.HI/c1-19(2)16(15-9-12-24-17(15)19)23-18(21-3)22-13-20(10-11-20)14-7-5-4-6-8-14;/h4-8,15-17H,9-13H2,1-3H3,(H2,21,22,23);1H. The molecular formula is C20H30IN3O. The Labute approximate surface area is 168 Å². The zero-order valence-electron chi connectivity index (χ0n) is 15.4. The summed E-state index contributed by atoms with van der Waals surface area (Å²) in [5.74, 6) is 1.56. The van der Waals surface area contributed by atoms with Crippen molar-refractivity contribution in [2.45, 2.75) is 50.7 Å². The Balaban J connectivity index is 0.00000182. The lowest BCUT2D eigenvalue weighted by atomic mass is 9.57. The van der Waals surface area contributed by atoms with Crippen LogP contribution in [0.15, 0.2) is 35.3 Å². The van der Waals surface area contributed by atoms with Gasteiger partial charge in [-0.1, -0.05) is 44.2 Å². The van der Waals surface area contributed by atoms with Crippen LogP contribution >= 0.6 is 24.0 Å². The molecule has 1 aromatic carbocycles. The van der Waals surface area contributed by atoms with Crippen LogP contribution in [0.4, 0.5) is 0 Å². The van der Waals surface area contributed by atoms with E-state index in [0.717, 1.165) is 25.5 Å². The van der Waals surface area contributed by atoms with Gasteiger partial charge in [0.1, 0.15) is 0 Å². The van der Waals surface area contributed by atoms with Gasteiger partial charge in [0, 0.05) is 43.0 Å². The van der Waals surface area contributed by atoms with Crippen molar-refractivity contribution in [3.63, 3.8) is 0 Å². The third kappa shape index (κ3) is 3.29. The molecule has 2 saturated carbocycles. The van der Waals surface area contributed by atoms with Crippen LogP contribution in [0.5, 0.6) is 0 Å². The van der Waals surface area contributed by atoms with Crippen LogP contribution in [-0.4, -0.2) is 38.3 Å². The Morgan fingerprint density at radius 2 is 1.96 bits per heavy atom. The molecular weight excluding hydrogens is 425 g/mol. The molecule has 138 valence electrons. The quantitative estimate of drug-likeness (QED) is 0.416. The van der Waals surface area contributed by atoms with E-state index in [9.17, 15) is 0 Å². The van der Waals surface area contributed by atoms with Crippen LogP contribution in [0.2, 0.25) is 0 Å². The van der Waals surface area contributed by atoms with E-state index in [1.165, 1.54) is 18.4 Å². The number of nitrogens with one attached hydrogen (secondary N) is 2. The molecule has 3 aliphatic rings. The van der Waals surface area contributed by atoms with E-state index < -0.39 is 0 Å². The van der Waals surface area contributed by atoms with Crippen LogP contribution in [0.3, 0.4) is 0 Å². The Kier molecular flexibility index (Phi) is 5.36. The van der Waals surface area contributed by atoms with Crippen molar-refractivity contribution < 1.29 is 4.74 Å². The molecule has 5 heteroatoms. The van der Waals surface area contributed by atoms with Gasteiger partial charge in [0.2, 0.25) is 0 Å². The number of benzene rings is 1. The molecule has 0 bridgehead atoms. The van der Waals surface area contributed by atoms with E-state index in [-0.39, 0.29) is 29.4 Å². The normalized spacial score (nSPS) is 31.3. The minimum Gasteiger partial charge on any atom is -0.377 e. The molecule has 1 saturated heterocycles. The maximum absolute atomic E-state index is 5.89. The smallest absolute Gasteiger partial charge is 0.191 e. The molecule has 0 aromatic heterocycles. The minimum atomic E-state index is 0. The first-order valence-corrected chi connectivity index (χ1v) is 9.21. The average molecular weight is 455 g/mol. The summed E-state index contributed by atoms with van der Waals surface area (Å²) in [4.78, 5) is 4.47. The van der Waals surface area contributed by atoms with Crippen LogP contribution < -0.4 is 10.6 Å². The van der Waals surface area contributed by atoms with Crippen molar-refractivity contribution in [1.82, 2.24) is 10.6 Å². The molecule has 1 aliphatic heterocycles. The average Bonchev–Trinajstić information content (AvgIpc) is 3.25. The molecule has 4 rings (SSSR count). The van der Waals surface area contributed by atoms with Crippen molar-refractivity contribution in [1.29, 1.82) is 0 Å². The number of halogens is 1. The van der Waals surface area contributed by atoms with Gasteiger partial charge in [-0.05, 0) is 24.8 Å². The van der Waals surface area contributed by atoms with Gasteiger partial charge in [-0.3, -0.25) is 4.99 Å². The summed E-state index contributed by atoms with van der Waals surface area (Å²) in [5.41, 5.74) is 1.92.